The van der Waals surface area contributed by atoms with E-state index in [1.165, 1.54) is 11.6 Å². The van der Waals surface area contributed by atoms with Gasteiger partial charge in [0.05, 0.1) is 6.54 Å². The van der Waals surface area contributed by atoms with Crippen molar-refractivity contribution in [1.29, 1.82) is 0 Å². The third-order valence-corrected chi connectivity index (χ3v) is 4.73. The molecule has 0 aliphatic carbocycles. The van der Waals surface area contributed by atoms with Gasteiger partial charge in [0.2, 0.25) is 0 Å². The maximum atomic E-state index is 12.9. The number of hydrogen-bond acceptors (Lipinski definition) is 4. The van der Waals surface area contributed by atoms with E-state index in [9.17, 15) is 9.59 Å². The Morgan fingerprint density at radius 1 is 0.929 bits per heavy atom. The van der Waals surface area contributed by atoms with Crippen LogP contribution in [-0.4, -0.2) is 18.7 Å². The van der Waals surface area contributed by atoms with Gasteiger partial charge >= 0.3 is 11.7 Å². The lowest BCUT2D eigenvalue weighted by Crippen LogP contribution is -2.37. The van der Waals surface area contributed by atoms with E-state index in [0.717, 1.165) is 15.7 Å². The van der Waals surface area contributed by atoms with Gasteiger partial charge in [-0.2, -0.15) is 4.98 Å². The van der Waals surface area contributed by atoms with Gasteiger partial charge in [0.1, 0.15) is 5.75 Å². The van der Waals surface area contributed by atoms with Crippen LogP contribution in [0.2, 0.25) is 0 Å². The first-order valence-electron chi connectivity index (χ1n) is 8.90. The summed E-state index contributed by atoms with van der Waals surface area (Å²) in [5, 5.41) is 0. The first kappa shape index (κ1) is 17.8. The van der Waals surface area contributed by atoms with Crippen LogP contribution in [-0.2, 0) is 20.6 Å². The molecule has 0 aliphatic heterocycles. The molecular weight excluding hydrogens is 356 g/mol. The van der Waals surface area contributed by atoms with Crippen molar-refractivity contribution < 1.29 is 4.74 Å². The molecule has 0 unspecified atom stereocenters. The minimum Gasteiger partial charge on any atom is -0.425 e. The van der Waals surface area contributed by atoms with Crippen molar-refractivity contribution in [3.8, 4) is 11.8 Å². The molecule has 2 aromatic heterocycles. The molecule has 0 saturated carbocycles. The van der Waals surface area contributed by atoms with Crippen LogP contribution in [0.25, 0.3) is 11.2 Å². The van der Waals surface area contributed by atoms with Crippen LogP contribution in [0.15, 0.2) is 64.2 Å². The quantitative estimate of drug-likeness (QED) is 0.549. The predicted molar refractivity (Wildman–Crippen MR) is 107 cm³/mol. The molecule has 4 rings (SSSR count). The van der Waals surface area contributed by atoms with Crippen LogP contribution >= 0.6 is 0 Å². The third-order valence-electron chi connectivity index (χ3n) is 4.73. The summed E-state index contributed by atoms with van der Waals surface area (Å²) in [6.07, 6.45) is 0. The number of hydrogen-bond donors (Lipinski definition) is 0. The minimum atomic E-state index is -0.427. The summed E-state index contributed by atoms with van der Waals surface area (Å²) >= 11 is 0. The molecule has 0 saturated heterocycles. The average molecular weight is 376 g/mol. The fraction of sp³-hybridized carbons (Fsp3) is 0.190. The van der Waals surface area contributed by atoms with E-state index >= 15 is 0 Å². The second-order valence-electron chi connectivity index (χ2n) is 6.76. The Hall–Kier alpha value is -3.61. The summed E-state index contributed by atoms with van der Waals surface area (Å²) in [6.45, 7) is 2.41. The van der Waals surface area contributed by atoms with Crippen molar-refractivity contribution in [1.82, 2.24) is 18.7 Å². The van der Waals surface area contributed by atoms with Gasteiger partial charge in [-0.1, -0.05) is 48.0 Å². The number of rotatable bonds is 4. The first-order valence-corrected chi connectivity index (χ1v) is 8.90. The highest BCUT2D eigenvalue weighted by Gasteiger charge is 2.20. The monoisotopic (exact) mass is 376 g/mol. The molecule has 0 atom stereocenters. The van der Waals surface area contributed by atoms with Gasteiger partial charge in [0.15, 0.2) is 11.2 Å². The SMILES string of the molecule is Cc1ccc(Cn2c(Oc3ccccc3)nc3c2c(=O)n(C)c(=O)n3C)cc1. The van der Waals surface area contributed by atoms with Gasteiger partial charge in [0, 0.05) is 14.1 Å². The topological polar surface area (TPSA) is 71.1 Å². The van der Waals surface area contributed by atoms with Gasteiger partial charge in [-0.05, 0) is 24.6 Å². The summed E-state index contributed by atoms with van der Waals surface area (Å²) in [7, 11) is 3.06. The van der Waals surface area contributed by atoms with Gasteiger partial charge in [0.25, 0.3) is 5.56 Å². The molecule has 0 aliphatic rings. The summed E-state index contributed by atoms with van der Waals surface area (Å²) < 4.78 is 10.1. The van der Waals surface area contributed by atoms with E-state index in [0.29, 0.717) is 23.5 Å². The van der Waals surface area contributed by atoms with E-state index in [-0.39, 0.29) is 6.01 Å². The molecule has 142 valence electrons. The molecule has 0 amide bonds. The Morgan fingerprint density at radius 3 is 2.29 bits per heavy atom. The van der Waals surface area contributed by atoms with Crippen molar-refractivity contribution in [3.05, 3.63) is 86.6 Å². The lowest BCUT2D eigenvalue weighted by atomic mass is 10.1. The summed E-state index contributed by atoms with van der Waals surface area (Å²) in [5.41, 5.74) is 1.95. The summed E-state index contributed by atoms with van der Waals surface area (Å²) in [4.78, 5) is 29.7. The Morgan fingerprint density at radius 2 is 1.61 bits per heavy atom. The Balaban J connectivity index is 1.95. The molecular formula is C21H20N4O3. The van der Waals surface area contributed by atoms with Crippen LogP contribution in [0.1, 0.15) is 11.1 Å². The van der Waals surface area contributed by atoms with Crippen molar-refractivity contribution in [2.24, 2.45) is 14.1 Å². The molecule has 0 radical (unpaired) electrons. The first-order chi connectivity index (χ1) is 13.5. The number of para-hydroxylation sites is 1. The lowest BCUT2D eigenvalue weighted by Gasteiger charge is -2.10. The van der Waals surface area contributed by atoms with Gasteiger partial charge in [-0.3, -0.25) is 18.5 Å². The zero-order valence-electron chi connectivity index (χ0n) is 15.9. The highest BCUT2D eigenvalue weighted by atomic mass is 16.5. The van der Waals surface area contributed by atoms with Gasteiger partial charge in [-0.15, -0.1) is 0 Å². The van der Waals surface area contributed by atoms with Crippen molar-refractivity contribution in [3.63, 3.8) is 0 Å². The molecule has 0 spiro atoms. The molecule has 7 nitrogen and oxygen atoms in total. The Kier molecular flexibility index (Phi) is 4.35. The average Bonchev–Trinajstić information content (AvgIpc) is 3.05. The number of ether oxygens (including phenoxy) is 1. The number of fused-ring (bicyclic) bond motifs is 1. The largest absolute Gasteiger partial charge is 0.425 e. The minimum absolute atomic E-state index is 0.264. The normalized spacial score (nSPS) is 11.1. The molecule has 0 fully saturated rings. The molecule has 7 heteroatoms. The lowest BCUT2D eigenvalue weighted by molar-refractivity contribution is 0.421. The molecule has 0 N–H and O–H groups in total. The van der Waals surface area contributed by atoms with E-state index in [1.54, 1.807) is 11.6 Å². The Labute approximate surface area is 161 Å². The van der Waals surface area contributed by atoms with Crippen molar-refractivity contribution in [2.45, 2.75) is 13.5 Å². The van der Waals surface area contributed by atoms with Crippen molar-refractivity contribution in [2.75, 3.05) is 0 Å². The highest BCUT2D eigenvalue weighted by molar-refractivity contribution is 5.72. The molecule has 28 heavy (non-hydrogen) atoms. The second kappa shape index (κ2) is 6.84. The standard InChI is InChI=1S/C21H20N4O3/c1-14-9-11-15(12-10-14)13-25-17-18(23(2)21(27)24(3)19(17)26)22-20(25)28-16-7-5-4-6-8-16/h4-12H,13H2,1-3H3. The van der Waals surface area contributed by atoms with Crippen LogP contribution in [0.5, 0.6) is 11.8 Å². The summed E-state index contributed by atoms with van der Waals surface area (Å²) in [6, 6.07) is 17.5. The van der Waals surface area contributed by atoms with Gasteiger partial charge in [-0.25, -0.2) is 4.79 Å². The number of benzene rings is 2. The second-order valence-corrected chi connectivity index (χ2v) is 6.76. The van der Waals surface area contributed by atoms with Crippen molar-refractivity contribution >= 4 is 11.2 Å². The zero-order valence-corrected chi connectivity index (χ0v) is 15.9. The maximum Gasteiger partial charge on any atom is 0.332 e. The van der Waals surface area contributed by atoms with E-state index in [4.69, 9.17) is 4.74 Å². The Bertz CT molecular complexity index is 1270. The maximum absolute atomic E-state index is 12.9. The third kappa shape index (κ3) is 3.00. The molecule has 2 aromatic carbocycles. The van der Waals surface area contributed by atoms with E-state index in [1.807, 2.05) is 61.5 Å². The molecule has 2 heterocycles. The van der Waals surface area contributed by atoms with E-state index in [2.05, 4.69) is 4.98 Å². The van der Waals surface area contributed by atoms with Crippen LogP contribution in [0.3, 0.4) is 0 Å². The predicted octanol–water partition coefficient (Wildman–Crippen LogP) is 2.58. The number of aryl methyl sites for hydroxylation is 2. The molecule has 4 aromatic rings. The number of imidazole rings is 1. The van der Waals surface area contributed by atoms with Crippen LogP contribution in [0.4, 0.5) is 0 Å². The highest BCUT2D eigenvalue weighted by Crippen LogP contribution is 2.25. The number of aromatic nitrogens is 4. The fourth-order valence-corrected chi connectivity index (χ4v) is 3.12. The fourth-order valence-electron chi connectivity index (χ4n) is 3.12. The molecule has 0 bridgehead atoms. The van der Waals surface area contributed by atoms with Gasteiger partial charge < -0.3 is 4.74 Å². The zero-order chi connectivity index (χ0) is 19.8. The summed E-state index contributed by atoms with van der Waals surface area (Å²) in [5.74, 6) is 0.602. The number of nitrogens with zero attached hydrogens (tertiary/aromatic N) is 4. The van der Waals surface area contributed by atoms with Crippen LogP contribution in [0, 0.1) is 6.92 Å². The smallest absolute Gasteiger partial charge is 0.332 e. The van der Waals surface area contributed by atoms with E-state index < -0.39 is 11.2 Å². The van der Waals surface area contributed by atoms with Crippen LogP contribution < -0.4 is 16.0 Å².